The van der Waals surface area contributed by atoms with Gasteiger partial charge in [-0.1, -0.05) is 6.07 Å². The zero-order valence-electron chi connectivity index (χ0n) is 10.5. The molecule has 0 unspecified atom stereocenters. The van der Waals surface area contributed by atoms with Gasteiger partial charge >= 0.3 is 0 Å². The van der Waals surface area contributed by atoms with Gasteiger partial charge in [-0.25, -0.2) is 13.1 Å². The quantitative estimate of drug-likeness (QED) is 0.759. The molecule has 0 radical (unpaired) electrons. The fourth-order valence-corrected chi connectivity index (χ4v) is 2.47. The highest BCUT2D eigenvalue weighted by Gasteiger charge is 2.21. The van der Waals surface area contributed by atoms with Gasteiger partial charge in [0.1, 0.15) is 0 Å². The van der Waals surface area contributed by atoms with Gasteiger partial charge in [0.05, 0.1) is 5.75 Å². The van der Waals surface area contributed by atoms with Crippen LogP contribution in [0.2, 0.25) is 0 Å². The Hall–Kier alpha value is -0.980. The maximum absolute atomic E-state index is 11.7. The lowest BCUT2D eigenvalue weighted by atomic mass is 10.2. The topological polar surface area (TPSA) is 71.1 Å². The molecule has 0 aromatic carbocycles. The van der Waals surface area contributed by atoms with Crippen molar-refractivity contribution in [3.05, 3.63) is 29.6 Å². The van der Waals surface area contributed by atoms with Crippen molar-refractivity contribution < 1.29 is 8.42 Å². The first kappa shape index (κ1) is 13.5. The molecule has 0 atom stereocenters. The van der Waals surface area contributed by atoms with E-state index in [1.807, 2.05) is 19.1 Å². The molecule has 1 fully saturated rings. The van der Waals surface area contributed by atoms with Crippen LogP contribution in [-0.2, 0) is 16.6 Å². The third-order valence-corrected chi connectivity index (χ3v) is 4.18. The molecule has 0 amide bonds. The van der Waals surface area contributed by atoms with E-state index in [2.05, 4.69) is 15.0 Å². The molecule has 1 aliphatic carbocycles. The highest BCUT2D eigenvalue weighted by molar-refractivity contribution is 7.89. The summed E-state index contributed by atoms with van der Waals surface area (Å²) in [6, 6.07) is 4.30. The molecule has 0 saturated heterocycles. The second kappa shape index (κ2) is 5.77. The first-order valence-electron chi connectivity index (χ1n) is 6.17. The molecule has 1 aliphatic rings. The maximum Gasteiger partial charge on any atom is 0.213 e. The van der Waals surface area contributed by atoms with E-state index >= 15 is 0 Å². The largest absolute Gasteiger partial charge is 0.313 e. The van der Waals surface area contributed by atoms with E-state index in [1.165, 1.54) is 12.8 Å². The second-order valence-electron chi connectivity index (χ2n) is 4.68. The van der Waals surface area contributed by atoms with Crippen molar-refractivity contribution >= 4 is 10.0 Å². The number of nitrogens with zero attached hydrogens (tertiary/aromatic N) is 1. The van der Waals surface area contributed by atoms with Crippen LogP contribution in [-0.4, -0.2) is 31.7 Å². The van der Waals surface area contributed by atoms with Crippen LogP contribution in [0.1, 0.15) is 24.1 Å². The molecule has 1 aromatic heterocycles. The summed E-state index contributed by atoms with van der Waals surface area (Å²) in [5.41, 5.74) is 1.80. The summed E-state index contributed by atoms with van der Waals surface area (Å²) in [6.07, 6.45) is 4.03. The van der Waals surface area contributed by atoms with Crippen LogP contribution < -0.4 is 10.0 Å². The van der Waals surface area contributed by atoms with Gasteiger partial charge in [0.2, 0.25) is 10.0 Å². The average Bonchev–Trinajstić information content (AvgIpc) is 3.12. The Balaban J connectivity index is 1.74. The van der Waals surface area contributed by atoms with Crippen LogP contribution in [0.3, 0.4) is 0 Å². The van der Waals surface area contributed by atoms with Gasteiger partial charge in [0.25, 0.3) is 0 Å². The molecule has 18 heavy (non-hydrogen) atoms. The molecule has 1 saturated carbocycles. The molecule has 0 spiro atoms. The van der Waals surface area contributed by atoms with Gasteiger partial charge < -0.3 is 5.32 Å². The summed E-state index contributed by atoms with van der Waals surface area (Å²) in [4.78, 5) is 4.13. The lowest BCUT2D eigenvalue weighted by Crippen LogP contribution is -2.32. The van der Waals surface area contributed by atoms with E-state index < -0.39 is 10.0 Å². The summed E-state index contributed by atoms with van der Waals surface area (Å²) < 4.78 is 26.0. The summed E-state index contributed by atoms with van der Waals surface area (Å²) in [7, 11) is -3.20. The van der Waals surface area contributed by atoms with Crippen LogP contribution in [0.25, 0.3) is 0 Å². The first-order valence-corrected chi connectivity index (χ1v) is 7.83. The van der Waals surface area contributed by atoms with Crippen molar-refractivity contribution in [1.82, 2.24) is 15.0 Å². The summed E-state index contributed by atoms with van der Waals surface area (Å²) in [6.45, 7) is 2.72. The summed E-state index contributed by atoms with van der Waals surface area (Å²) in [5, 5.41) is 3.19. The molecule has 1 heterocycles. The molecule has 5 nitrogen and oxygen atoms in total. The molecular weight excluding hydrogens is 250 g/mol. The van der Waals surface area contributed by atoms with Gasteiger partial charge in [-0.15, -0.1) is 0 Å². The van der Waals surface area contributed by atoms with E-state index in [1.54, 1.807) is 6.20 Å². The van der Waals surface area contributed by atoms with Gasteiger partial charge in [0, 0.05) is 31.0 Å². The third kappa shape index (κ3) is 4.72. The minimum Gasteiger partial charge on any atom is -0.313 e. The molecule has 0 aliphatic heterocycles. The number of aromatic nitrogens is 1. The van der Waals surface area contributed by atoms with Crippen LogP contribution in [0.15, 0.2) is 18.3 Å². The van der Waals surface area contributed by atoms with Gasteiger partial charge in [-0.3, -0.25) is 4.98 Å². The molecule has 1 aromatic rings. The minimum atomic E-state index is -3.20. The summed E-state index contributed by atoms with van der Waals surface area (Å²) >= 11 is 0. The standard InChI is InChI=1S/C12H19N3O2S/c1-10-2-3-11(8-14-10)9-15-18(16,17)7-6-13-12-4-5-12/h2-3,8,12-13,15H,4-7,9H2,1H3. The van der Waals surface area contributed by atoms with Gasteiger partial charge in [-0.2, -0.15) is 0 Å². The van der Waals surface area contributed by atoms with E-state index in [9.17, 15) is 8.42 Å². The second-order valence-corrected chi connectivity index (χ2v) is 6.60. The third-order valence-electron chi connectivity index (χ3n) is 2.85. The molecule has 2 N–H and O–H groups in total. The highest BCUT2D eigenvalue weighted by atomic mass is 32.2. The Morgan fingerprint density at radius 1 is 1.39 bits per heavy atom. The van der Waals surface area contributed by atoms with Crippen LogP contribution >= 0.6 is 0 Å². The average molecular weight is 269 g/mol. The zero-order valence-corrected chi connectivity index (χ0v) is 11.3. The maximum atomic E-state index is 11.7. The van der Waals surface area contributed by atoms with E-state index in [4.69, 9.17) is 0 Å². The minimum absolute atomic E-state index is 0.128. The SMILES string of the molecule is Cc1ccc(CNS(=O)(=O)CCNC2CC2)cn1. The number of aryl methyl sites for hydroxylation is 1. The van der Waals surface area contributed by atoms with E-state index in [-0.39, 0.29) is 5.75 Å². The fraction of sp³-hybridized carbons (Fsp3) is 0.583. The van der Waals surface area contributed by atoms with Crippen LogP contribution in [0, 0.1) is 6.92 Å². The Labute approximate surface area is 108 Å². The molecule has 0 bridgehead atoms. The molecular formula is C12H19N3O2S. The van der Waals surface area contributed by atoms with Crippen molar-refractivity contribution in [2.45, 2.75) is 32.4 Å². The van der Waals surface area contributed by atoms with Crippen molar-refractivity contribution in [3.8, 4) is 0 Å². The number of hydrogen-bond acceptors (Lipinski definition) is 4. The number of hydrogen-bond donors (Lipinski definition) is 2. The lowest BCUT2D eigenvalue weighted by Gasteiger charge is -2.07. The Morgan fingerprint density at radius 3 is 2.78 bits per heavy atom. The predicted octanol–water partition coefficient (Wildman–Crippen LogP) is 0.561. The lowest BCUT2D eigenvalue weighted by molar-refractivity contribution is 0.576. The van der Waals surface area contributed by atoms with Crippen LogP contribution in [0.5, 0.6) is 0 Å². The van der Waals surface area contributed by atoms with Crippen molar-refractivity contribution in [1.29, 1.82) is 0 Å². The first-order chi connectivity index (χ1) is 8.55. The molecule has 6 heteroatoms. The van der Waals surface area contributed by atoms with E-state index in [0.29, 0.717) is 19.1 Å². The highest BCUT2D eigenvalue weighted by Crippen LogP contribution is 2.17. The number of rotatable bonds is 7. The normalized spacial score (nSPS) is 15.8. The Kier molecular flexibility index (Phi) is 4.31. The number of nitrogens with one attached hydrogen (secondary N) is 2. The number of sulfonamides is 1. The van der Waals surface area contributed by atoms with E-state index in [0.717, 1.165) is 11.3 Å². The number of pyridine rings is 1. The predicted molar refractivity (Wildman–Crippen MR) is 70.6 cm³/mol. The van der Waals surface area contributed by atoms with Gasteiger partial charge in [-0.05, 0) is 31.4 Å². The van der Waals surface area contributed by atoms with Gasteiger partial charge in [0.15, 0.2) is 0 Å². The fourth-order valence-electron chi connectivity index (χ4n) is 1.55. The monoisotopic (exact) mass is 269 g/mol. The van der Waals surface area contributed by atoms with Crippen molar-refractivity contribution in [3.63, 3.8) is 0 Å². The Morgan fingerprint density at radius 2 is 2.17 bits per heavy atom. The molecule has 2 rings (SSSR count). The van der Waals surface area contributed by atoms with Crippen LogP contribution in [0.4, 0.5) is 0 Å². The van der Waals surface area contributed by atoms with Crippen molar-refractivity contribution in [2.75, 3.05) is 12.3 Å². The molecule has 100 valence electrons. The van der Waals surface area contributed by atoms with Crippen molar-refractivity contribution in [2.24, 2.45) is 0 Å². The smallest absolute Gasteiger partial charge is 0.213 e. The zero-order chi connectivity index (χ0) is 13.0. The Bertz CT molecular complexity index is 481. The summed E-state index contributed by atoms with van der Waals surface area (Å²) in [5.74, 6) is 0.128.